The minimum Gasteiger partial charge on any atom is -0.493 e. The highest BCUT2D eigenvalue weighted by Gasteiger charge is 2.35. The molecule has 0 atom stereocenters. The highest BCUT2D eigenvalue weighted by atomic mass is 35.5. The third-order valence-electron chi connectivity index (χ3n) is 5.32. The Morgan fingerprint density at radius 3 is 2.37 bits per heavy atom. The Labute approximate surface area is 224 Å². The first-order chi connectivity index (χ1) is 16.8. The molecule has 4 rings (SSSR count). The lowest BCUT2D eigenvalue weighted by molar-refractivity contribution is -0.113. The van der Waals surface area contributed by atoms with Crippen molar-refractivity contribution >= 4 is 75.1 Å². The van der Waals surface area contributed by atoms with E-state index in [1.807, 2.05) is 51.1 Å². The van der Waals surface area contributed by atoms with Crippen LogP contribution in [0.25, 0.3) is 6.08 Å². The first-order valence-corrected chi connectivity index (χ1v) is 13.0. The molecule has 1 saturated heterocycles. The molecule has 0 aliphatic carbocycles. The van der Waals surface area contributed by atoms with E-state index in [9.17, 15) is 4.79 Å². The van der Waals surface area contributed by atoms with E-state index in [1.54, 1.807) is 35.2 Å². The van der Waals surface area contributed by atoms with Gasteiger partial charge in [0.1, 0.15) is 5.75 Å². The van der Waals surface area contributed by atoms with Gasteiger partial charge in [-0.1, -0.05) is 53.9 Å². The van der Waals surface area contributed by atoms with Crippen LogP contribution >= 0.6 is 46.6 Å². The second-order valence-corrected chi connectivity index (χ2v) is 10.3. The molecule has 1 heterocycles. The summed E-state index contributed by atoms with van der Waals surface area (Å²) in [6.45, 7) is 6.44. The predicted molar refractivity (Wildman–Crippen MR) is 150 cm³/mol. The number of anilines is 1. The molecule has 0 radical (unpaired) electrons. The molecule has 0 aromatic heterocycles. The molecule has 0 spiro atoms. The zero-order valence-corrected chi connectivity index (χ0v) is 22.5. The summed E-state index contributed by atoms with van der Waals surface area (Å²) in [4.78, 5) is 20.5. The summed E-state index contributed by atoms with van der Waals surface area (Å²) in [6.07, 6.45) is 2.65. The lowest BCUT2D eigenvalue weighted by Crippen LogP contribution is -2.28. The van der Waals surface area contributed by atoms with Crippen molar-refractivity contribution in [2.75, 3.05) is 11.5 Å². The van der Waals surface area contributed by atoms with Crippen LogP contribution in [-0.4, -0.2) is 17.7 Å². The number of carbonyl (C=O) groups excluding carboxylic acids is 1. The highest BCUT2D eigenvalue weighted by Crippen LogP contribution is 2.40. The second kappa shape index (κ2) is 11.1. The quantitative estimate of drug-likeness (QED) is 0.290. The smallest absolute Gasteiger partial charge is 0.271 e. The van der Waals surface area contributed by atoms with E-state index >= 15 is 0 Å². The average Bonchev–Trinajstić information content (AvgIpc) is 3.12. The van der Waals surface area contributed by atoms with Gasteiger partial charge in [0.05, 0.1) is 22.9 Å². The fourth-order valence-corrected chi connectivity index (χ4v) is 4.90. The Morgan fingerprint density at radius 1 is 0.971 bits per heavy atom. The van der Waals surface area contributed by atoms with Gasteiger partial charge in [0.2, 0.25) is 0 Å². The van der Waals surface area contributed by atoms with E-state index in [4.69, 9.17) is 44.5 Å². The van der Waals surface area contributed by atoms with Crippen LogP contribution in [0.5, 0.6) is 5.75 Å². The molecule has 8 heteroatoms. The third kappa shape index (κ3) is 5.87. The first kappa shape index (κ1) is 25.6. The molecule has 0 unspecified atom stereocenters. The molecule has 3 aromatic rings. The summed E-state index contributed by atoms with van der Waals surface area (Å²) in [7, 11) is 0. The van der Waals surface area contributed by atoms with E-state index in [0.717, 1.165) is 23.1 Å². The highest BCUT2D eigenvalue weighted by molar-refractivity contribution is 8.19. The summed E-state index contributed by atoms with van der Waals surface area (Å²) in [5, 5.41) is 2.24. The monoisotopic (exact) mass is 544 g/mol. The Kier molecular flexibility index (Phi) is 8.12. The number of aliphatic imine (C=N–C) groups is 1. The van der Waals surface area contributed by atoms with E-state index in [-0.39, 0.29) is 5.91 Å². The summed E-state index contributed by atoms with van der Waals surface area (Å²) >= 11 is 20.2. The van der Waals surface area contributed by atoms with Gasteiger partial charge in [0.25, 0.3) is 5.91 Å². The molecule has 1 fully saturated rings. The molecular formula is C27H23Cl3N2O2S. The van der Waals surface area contributed by atoms with Gasteiger partial charge in [-0.15, -0.1) is 0 Å². The van der Waals surface area contributed by atoms with Gasteiger partial charge >= 0.3 is 0 Å². The molecule has 1 aliphatic heterocycles. The number of halogens is 3. The molecular weight excluding hydrogens is 523 g/mol. The maximum absolute atomic E-state index is 13.7. The first-order valence-electron chi connectivity index (χ1n) is 11.0. The number of nitrogens with zero attached hydrogens (tertiary/aromatic N) is 2. The fraction of sp³-hybridized carbons (Fsp3) is 0.185. The van der Waals surface area contributed by atoms with Crippen molar-refractivity contribution in [3.63, 3.8) is 0 Å². The number of amidine groups is 1. The molecule has 1 aliphatic rings. The standard InChI is InChI=1S/C27H23Cl3N2O2S/c1-4-11-34-24-10-7-19(28)12-18(24)13-25-26(33)32(21-9-6-17(3)23(30)15-21)27(35-25)31-20-8-5-16(2)22(29)14-20/h5-10,12-15H,4,11H2,1-3H3/b25-13+,31-27?. The Hall–Kier alpha value is -2.44. The zero-order chi connectivity index (χ0) is 25.1. The molecule has 0 bridgehead atoms. The van der Waals surface area contributed by atoms with Crippen LogP contribution in [0.4, 0.5) is 11.4 Å². The van der Waals surface area contributed by atoms with Gasteiger partial charge in [-0.2, -0.15) is 0 Å². The summed E-state index contributed by atoms with van der Waals surface area (Å²) in [5.41, 5.74) is 3.88. The Morgan fingerprint density at radius 2 is 1.69 bits per heavy atom. The predicted octanol–water partition coefficient (Wildman–Crippen LogP) is 8.86. The van der Waals surface area contributed by atoms with Gasteiger partial charge in [0, 0.05) is 20.6 Å². The molecule has 4 nitrogen and oxygen atoms in total. The van der Waals surface area contributed by atoms with Gasteiger partial charge < -0.3 is 4.74 Å². The Bertz CT molecular complexity index is 1350. The van der Waals surface area contributed by atoms with Gasteiger partial charge in [0.15, 0.2) is 5.17 Å². The largest absolute Gasteiger partial charge is 0.493 e. The van der Waals surface area contributed by atoms with Crippen LogP contribution < -0.4 is 9.64 Å². The molecule has 3 aromatic carbocycles. The minimum absolute atomic E-state index is 0.215. The van der Waals surface area contributed by atoms with Crippen molar-refractivity contribution in [2.24, 2.45) is 4.99 Å². The number of hydrogen-bond acceptors (Lipinski definition) is 4. The summed E-state index contributed by atoms with van der Waals surface area (Å²) in [5.74, 6) is 0.450. The Balaban J connectivity index is 1.81. The topological polar surface area (TPSA) is 41.9 Å². The van der Waals surface area contributed by atoms with Crippen LogP contribution in [-0.2, 0) is 4.79 Å². The van der Waals surface area contributed by atoms with E-state index in [0.29, 0.717) is 48.9 Å². The number of amides is 1. The number of benzene rings is 3. The van der Waals surface area contributed by atoms with Crippen LogP contribution in [0, 0.1) is 13.8 Å². The number of ether oxygens (including phenoxy) is 1. The van der Waals surface area contributed by atoms with E-state index in [2.05, 4.69) is 0 Å². The normalized spacial score (nSPS) is 15.9. The van der Waals surface area contributed by atoms with E-state index in [1.165, 1.54) is 11.8 Å². The lowest BCUT2D eigenvalue weighted by Gasteiger charge is -2.16. The minimum atomic E-state index is -0.215. The average molecular weight is 546 g/mol. The second-order valence-electron chi connectivity index (χ2n) is 8.04. The fourth-order valence-electron chi connectivity index (χ4n) is 3.38. The molecule has 35 heavy (non-hydrogen) atoms. The summed E-state index contributed by atoms with van der Waals surface area (Å²) < 4.78 is 5.87. The van der Waals surface area contributed by atoms with Crippen LogP contribution in [0.1, 0.15) is 30.0 Å². The van der Waals surface area contributed by atoms with Crippen molar-refractivity contribution in [3.8, 4) is 5.75 Å². The zero-order valence-electron chi connectivity index (χ0n) is 19.4. The number of thioether (sulfide) groups is 1. The SMILES string of the molecule is CCCOc1ccc(Cl)cc1/C=C1/SC(=Nc2ccc(C)c(Cl)c2)N(c2ccc(C)c(Cl)c2)C1=O. The summed E-state index contributed by atoms with van der Waals surface area (Å²) in [6, 6.07) is 16.4. The molecule has 0 N–H and O–H groups in total. The van der Waals surface area contributed by atoms with E-state index < -0.39 is 0 Å². The van der Waals surface area contributed by atoms with Crippen molar-refractivity contribution in [2.45, 2.75) is 27.2 Å². The number of rotatable bonds is 6. The maximum atomic E-state index is 13.7. The van der Waals surface area contributed by atoms with Crippen LogP contribution in [0.2, 0.25) is 15.1 Å². The number of aryl methyl sites for hydroxylation is 2. The van der Waals surface area contributed by atoms with Gasteiger partial charge in [-0.3, -0.25) is 9.69 Å². The molecule has 180 valence electrons. The van der Waals surface area contributed by atoms with Crippen LogP contribution in [0.3, 0.4) is 0 Å². The molecule has 0 saturated carbocycles. The third-order valence-corrected chi connectivity index (χ3v) is 7.34. The van der Waals surface area contributed by atoms with Crippen molar-refractivity contribution in [1.82, 2.24) is 0 Å². The van der Waals surface area contributed by atoms with Crippen molar-refractivity contribution < 1.29 is 9.53 Å². The number of hydrogen-bond donors (Lipinski definition) is 0. The van der Waals surface area contributed by atoms with Gasteiger partial charge in [-0.05, 0) is 91.7 Å². The van der Waals surface area contributed by atoms with Crippen molar-refractivity contribution in [1.29, 1.82) is 0 Å². The number of carbonyl (C=O) groups is 1. The van der Waals surface area contributed by atoms with Gasteiger partial charge in [-0.25, -0.2) is 4.99 Å². The van der Waals surface area contributed by atoms with Crippen molar-refractivity contribution in [3.05, 3.63) is 91.3 Å². The lowest BCUT2D eigenvalue weighted by atomic mass is 10.1. The molecule has 1 amide bonds. The van der Waals surface area contributed by atoms with Crippen LogP contribution in [0.15, 0.2) is 64.5 Å². The maximum Gasteiger partial charge on any atom is 0.271 e.